The maximum atomic E-state index is 12.6. The largest absolute Gasteiger partial charge is 0.409 e. The summed E-state index contributed by atoms with van der Waals surface area (Å²) >= 11 is 0. The van der Waals surface area contributed by atoms with E-state index in [4.69, 9.17) is 15.7 Å². The summed E-state index contributed by atoms with van der Waals surface area (Å²) in [6.07, 6.45) is 4.33. The SMILES string of the molecule is COC1CCCN(C(=O)C2(C(N)=NO)CCC2)C1. The average molecular weight is 255 g/mol. The molecule has 2 aliphatic rings. The van der Waals surface area contributed by atoms with Gasteiger partial charge in [0.25, 0.3) is 0 Å². The molecule has 1 aliphatic carbocycles. The van der Waals surface area contributed by atoms with Crippen LogP contribution in [0.15, 0.2) is 5.16 Å². The lowest BCUT2D eigenvalue weighted by Crippen LogP contribution is -2.57. The number of oxime groups is 1. The maximum absolute atomic E-state index is 12.6. The van der Waals surface area contributed by atoms with Gasteiger partial charge in [-0.25, -0.2) is 0 Å². The Kier molecular flexibility index (Phi) is 3.75. The van der Waals surface area contributed by atoms with Crippen molar-refractivity contribution < 1.29 is 14.7 Å². The predicted molar refractivity (Wildman–Crippen MR) is 66.3 cm³/mol. The van der Waals surface area contributed by atoms with Crippen molar-refractivity contribution in [2.24, 2.45) is 16.3 Å². The summed E-state index contributed by atoms with van der Waals surface area (Å²) in [5, 5.41) is 11.9. The van der Waals surface area contributed by atoms with Crippen LogP contribution in [0, 0.1) is 5.41 Å². The third-order valence-electron chi connectivity index (χ3n) is 4.21. The second-order valence-electron chi connectivity index (χ2n) is 5.17. The Morgan fingerprint density at radius 1 is 1.50 bits per heavy atom. The smallest absolute Gasteiger partial charge is 0.236 e. The van der Waals surface area contributed by atoms with Crippen molar-refractivity contribution in [1.29, 1.82) is 0 Å². The molecule has 1 amide bonds. The van der Waals surface area contributed by atoms with Gasteiger partial charge < -0.3 is 20.6 Å². The van der Waals surface area contributed by atoms with E-state index in [1.54, 1.807) is 12.0 Å². The summed E-state index contributed by atoms with van der Waals surface area (Å²) in [6.45, 7) is 1.34. The van der Waals surface area contributed by atoms with Crippen molar-refractivity contribution >= 4 is 11.7 Å². The summed E-state index contributed by atoms with van der Waals surface area (Å²) in [4.78, 5) is 14.4. The summed E-state index contributed by atoms with van der Waals surface area (Å²) in [6, 6.07) is 0. The van der Waals surface area contributed by atoms with Crippen molar-refractivity contribution in [1.82, 2.24) is 4.90 Å². The van der Waals surface area contributed by atoms with Gasteiger partial charge in [-0.05, 0) is 25.7 Å². The number of carbonyl (C=O) groups is 1. The molecule has 3 N–H and O–H groups in total. The molecular formula is C12H21N3O3. The predicted octanol–water partition coefficient (Wildman–Crippen LogP) is 0.541. The molecule has 0 aromatic carbocycles. The van der Waals surface area contributed by atoms with Gasteiger partial charge in [0.2, 0.25) is 5.91 Å². The van der Waals surface area contributed by atoms with E-state index in [9.17, 15) is 4.79 Å². The molecule has 1 aliphatic heterocycles. The quantitative estimate of drug-likeness (QED) is 0.333. The van der Waals surface area contributed by atoms with Gasteiger partial charge in [-0.15, -0.1) is 0 Å². The summed E-state index contributed by atoms with van der Waals surface area (Å²) in [7, 11) is 1.67. The molecule has 6 heteroatoms. The zero-order valence-corrected chi connectivity index (χ0v) is 10.8. The van der Waals surface area contributed by atoms with Crippen LogP contribution in [0.2, 0.25) is 0 Å². The van der Waals surface area contributed by atoms with E-state index in [1.165, 1.54) is 0 Å². The van der Waals surface area contributed by atoms with Crippen LogP contribution in [-0.4, -0.2) is 48.2 Å². The van der Waals surface area contributed by atoms with Crippen LogP contribution in [0.1, 0.15) is 32.1 Å². The minimum atomic E-state index is -0.760. The number of piperidine rings is 1. The Balaban J connectivity index is 2.10. The van der Waals surface area contributed by atoms with Crippen molar-refractivity contribution in [2.75, 3.05) is 20.2 Å². The van der Waals surface area contributed by atoms with Gasteiger partial charge in [-0.2, -0.15) is 0 Å². The van der Waals surface area contributed by atoms with Gasteiger partial charge in [0.15, 0.2) is 5.84 Å². The molecule has 0 radical (unpaired) electrons. The first-order chi connectivity index (χ1) is 8.64. The van der Waals surface area contributed by atoms with E-state index in [1.807, 2.05) is 0 Å². The number of hydrogen-bond donors (Lipinski definition) is 2. The van der Waals surface area contributed by atoms with Crippen molar-refractivity contribution in [3.8, 4) is 0 Å². The van der Waals surface area contributed by atoms with Crippen LogP contribution in [0.5, 0.6) is 0 Å². The number of ether oxygens (including phenoxy) is 1. The average Bonchev–Trinajstić information content (AvgIpc) is 2.37. The Morgan fingerprint density at radius 2 is 2.22 bits per heavy atom. The van der Waals surface area contributed by atoms with Crippen LogP contribution < -0.4 is 5.73 Å². The lowest BCUT2D eigenvalue weighted by atomic mass is 9.66. The minimum absolute atomic E-state index is 0.00852. The molecule has 1 atom stereocenters. The number of nitrogens with two attached hydrogens (primary N) is 1. The standard InChI is InChI=1S/C12H21N3O3/c1-18-9-4-2-7-15(8-9)11(16)12(5-3-6-12)10(13)14-17/h9,17H,2-8H2,1H3,(H2,13,14). The van der Waals surface area contributed by atoms with Crippen molar-refractivity contribution in [3.05, 3.63) is 0 Å². The fourth-order valence-electron chi connectivity index (χ4n) is 2.82. The zero-order valence-electron chi connectivity index (χ0n) is 10.8. The number of nitrogens with zero attached hydrogens (tertiary/aromatic N) is 2. The van der Waals surface area contributed by atoms with Crippen LogP contribution >= 0.6 is 0 Å². The highest BCUT2D eigenvalue weighted by Gasteiger charge is 2.50. The van der Waals surface area contributed by atoms with E-state index in [2.05, 4.69) is 5.16 Å². The fourth-order valence-corrected chi connectivity index (χ4v) is 2.82. The highest BCUT2D eigenvalue weighted by Crippen LogP contribution is 2.43. The van der Waals surface area contributed by atoms with Gasteiger partial charge in [-0.3, -0.25) is 4.79 Å². The van der Waals surface area contributed by atoms with E-state index in [0.29, 0.717) is 19.4 Å². The molecule has 102 valence electrons. The molecule has 0 bridgehead atoms. The molecule has 2 fully saturated rings. The normalized spacial score (nSPS) is 27.7. The first kappa shape index (κ1) is 13.1. The van der Waals surface area contributed by atoms with Crippen LogP contribution in [0.3, 0.4) is 0 Å². The zero-order chi connectivity index (χ0) is 13.2. The third kappa shape index (κ3) is 2.05. The van der Waals surface area contributed by atoms with Crippen molar-refractivity contribution in [3.63, 3.8) is 0 Å². The number of amidine groups is 1. The molecule has 0 spiro atoms. The topological polar surface area (TPSA) is 88.2 Å². The number of hydrogen-bond acceptors (Lipinski definition) is 4. The first-order valence-corrected chi connectivity index (χ1v) is 6.44. The van der Waals surface area contributed by atoms with E-state index >= 15 is 0 Å². The molecule has 1 unspecified atom stereocenters. The van der Waals surface area contributed by atoms with Crippen molar-refractivity contribution in [2.45, 2.75) is 38.2 Å². The number of methoxy groups -OCH3 is 1. The van der Waals surface area contributed by atoms with E-state index < -0.39 is 5.41 Å². The molecule has 2 rings (SSSR count). The van der Waals surface area contributed by atoms with Crippen LogP contribution in [-0.2, 0) is 9.53 Å². The van der Waals surface area contributed by atoms with Gasteiger partial charge in [0.1, 0.15) is 5.41 Å². The molecular weight excluding hydrogens is 234 g/mol. The highest BCUT2D eigenvalue weighted by molar-refractivity contribution is 6.07. The molecule has 18 heavy (non-hydrogen) atoms. The monoisotopic (exact) mass is 255 g/mol. The maximum Gasteiger partial charge on any atom is 0.236 e. The van der Waals surface area contributed by atoms with E-state index in [0.717, 1.165) is 25.8 Å². The second kappa shape index (κ2) is 5.14. The number of carbonyl (C=O) groups excluding carboxylic acids is 1. The van der Waals surface area contributed by atoms with Crippen LogP contribution in [0.4, 0.5) is 0 Å². The number of amides is 1. The second-order valence-corrected chi connectivity index (χ2v) is 5.17. The minimum Gasteiger partial charge on any atom is -0.409 e. The fraction of sp³-hybridized carbons (Fsp3) is 0.833. The Labute approximate surface area is 107 Å². The number of likely N-dealkylation sites (tertiary alicyclic amines) is 1. The molecule has 0 aromatic heterocycles. The summed E-state index contributed by atoms with van der Waals surface area (Å²) in [5.41, 5.74) is 4.95. The third-order valence-corrected chi connectivity index (χ3v) is 4.21. The summed E-state index contributed by atoms with van der Waals surface area (Å²) in [5.74, 6) is 0.0455. The lowest BCUT2D eigenvalue weighted by molar-refractivity contribution is -0.145. The van der Waals surface area contributed by atoms with Gasteiger partial charge in [0, 0.05) is 20.2 Å². The van der Waals surface area contributed by atoms with Gasteiger partial charge >= 0.3 is 0 Å². The van der Waals surface area contributed by atoms with E-state index in [-0.39, 0.29) is 17.8 Å². The first-order valence-electron chi connectivity index (χ1n) is 6.44. The molecule has 6 nitrogen and oxygen atoms in total. The Bertz CT molecular complexity index is 352. The molecule has 1 saturated heterocycles. The highest BCUT2D eigenvalue weighted by atomic mass is 16.5. The molecule has 1 heterocycles. The van der Waals surface area contributed by atoms with Gasteiger partial charge in [-0.1, -0.05) is 11.6 Å². The Morgan fingerprint density at radius 3 is 2.72 bits per heavy atom. The van der Waals surface area contributed by atoms with Crippen LogP contribution in [0.25, 0.3) is 0 Å². The summed E-state index contributed by atoms with van der Waals surface area (Å²) < 4.78 is 5.32. The number of rotatable bonds is 3. The lowest BCUT2D eigenvalue weighted by Gasteiger charge is -2.44. The Hall–Kier alpha value is -1.30. The van der Waals surface area contributed by atoms with Gasteiger partial charge in [0.05, 0.1) is 6.10 Å². The molecule has 1 saturated carbocycles. The molecule has 0 aromatic rings.